The molecule has 4 atom stereocenters. The van der Waals surface area contributed by atoms with Crippen molar-refractivity contribution in [1.82, 2.24) is 19.9 Å². The number of para-hydroxylation sites is 2. The van der Waals surface area contributed by atoms with Crippen LogP contribution >= 0.6 is 0 Å². The smallest absolute Gasteiger partial charge is 0.274 e. The SMILES string of the molecule is O=C(c1ccccc1)[C@@H](c1ccccn1)[C@H](Nc1ccccn1)c1ccccc1[N+](=O)[O-].O=C(c1ccccc1)[C@H](c1ccccn1)[C@@H](Nc1ccccn1)c1ccccc1[N+](=O)[O-]. The van der Waals surface area contributed by atoms with E-state index in [1.54, 1.807) is 183 Å². The highest BCUT2D eigenvalue weighted by Gasteiger charge is 2.38. The second-order valence-corrected chi connectivity index (χ2v) is 14.2. The fourth-order valence-electron chi connectivity index (χ4n) is 7.33. The number of nitrogens with one attached hydrogen (secondary N) is 2. The van der Waals surface area contributed by atoms with Crippen LogP contribution < -0.4 is 10.6 Å². The summed E-state index contributed by atoms with van der Waals surface area (Å²) in [4.78, 5) is 67.8. The summed E-state index contributed by atoms with van der Waals surface area (Å²) in [7, 11) is 0. The maximum Gasteiger partial charge on any atom is 0.274 e. The zero-order valence-corrected chi connectivity index (χ0v) is 34.1. The molecule has 0 amide bonds. The maximum absolute atomic E-state index is 13.8. The van der Waals surface area contributed by atoms with Crippen LogP contribution in [0.1, 0.15) is 67.2 Å². The molecule has 0 unspecified atom stereocenters. The van der Waals surface area contributed by atoms with Gasteiger partial charge in [-0.1, -0.05) is 121 Å². The number of hydrogen-bond acceptors (Lipinski definition) is 12. The lowest BCUT2D eigenvalue weighted by molar-refractivity contribution is -0.385. The van der Waals surface area contributed by atoms with Gasteiger partial charge in [0.05, 0.1) is 56.3 Å². The Morgan fingerprint density at radius 3 is 1.06 bits per heavy atom. The van der Waals surface area contributed by atoms with Crippen molar-refractivity contribution in [2.24, 2.45) is 0 Å². The maximum atomic E-state index is 13.8. The summed E-state index contributed by atoms with van der Waals surface area (Å²) >= 11 is 0. The molecule has 0 saturated heterocycles. The molecule has 4 aromatic heterocycles. The Balaban J connectivity index is 0.000000191. The van der Waals surface area contributed by atoms with E-state index < -0.39 is 33.8 Å². The van der Waals surface area contributed by atoms with Crippen LogP contribution in [0.25, 0.3) is 0 Å². The first-order valence-corrected chi connectivity index (χ1v) is 20.1. The quantitative estimate of drug-likeness (QED) is 0.0531. The molecule has 0 fully saturated rings. The number of carbonyl (C=O) groups is 2. The highest BCUT2D eigenvalue weighted by Crippen LogP contribution is 2.41. The van der Waals surface area contributed by atoms with Crippen LogP contribution in [-0.2, 0) is 0 Å². The summed E-state index contributed by atoms with van der Waals surface area (Å²) in [6, 6.07) is 50.3. The topological polar surface area (TPSA) is 196 Å². The van der Waals surface area contributed by atoms with E-state index in [2.05, 4.69) is 30.6 Å². The summed E-state index contributed by atoms with van der Waals surface area (Å²) < 4.78 is 0. The second kappa shape index (κ2) is 21.1. The van der Waals surface area contributed by atoms with Crippen LogP contribution in [0.15, 0.2) is 207 Å². The Bertz CT molecular complexity index is 2600. The summed E-state index contributed by atoms with van der Waals surface area (Å²) in [6.45, 7) is 0. The van der Waals surface area contributed by atoms with Crippen LogP contribution in [0.2, 0.25) is 0 Å². The van der Waals surface area contributed by atoms with Gasteiger partial charge >= 0.3 is 0 Å². The first kappa shape index (κ1) is 43.3. The Labute approximate surface area is 368 Å². The average molecular weight is 849 g/mol. The molecule has 0 radical (unpaired) electrons. The molecule has 0 aliphatic carbocycles. The number of rotatable bonds is 16. The molecule has 316 valence electrons. The van der Waals surface area contributed by atoms with Gasteiger partial charge in [0.25, 0.3) is 11.4 Å². The largest absolute Gasteiger partial charge is 0.362 e. The second-order valence-electron chi connectivity index (χ2n) is 14.2. The van der Waals surface area contributed by atoms with Gasteiger partial charge in [-0.2, -0.15) is 0 Å². The summed E-state index contributed by atoms with van der Waals surface area (Å²) in [5.41, 5.74) is 2.60. The summed E-state index contributed by atoms with van der Waals surface area (Å²) in [5.74, 6) is -1.06. The summed E-state index contributed by atoms with van der Waals surface area (Å²) in [5, 5.41) is 30.2. The standard InChI is InChI=1S/2C25H20N4O3/c2*30-25(18-10-2-1-3-11-18)23(20-13-6-8-16-26-20)24(28-22-15-7-9-17-27-22)19-12-4-5-14-21(19)29(31)32/h2*1-17,23-24H,(H,27,28)/t2*23-,24+/m10/s1. The molecule has 4 heterocycles. The molecule has 0 saturated carbocycles. The minimum Gasteiger partial charge on any atom is -0.362 e. The molecule has 0 aliphatic heterocycles. The van der Waals surface area contributed by atoms with E-state index in [9.17, 15) is 29.8 Å². The first-order chi connectivity index (χ1) is 31.3. The zero-order chi connectivity index (χ0) is 44.7. The third-order valence-corrected chi connectivity index (χ3v) is 10.2. The molecule has 0 bridgehead atoms. The van der Waals surface area contributed by atoms with Gasteiger partial charge in [-0.05, 0) is 48.5 Å². The van der Waals surface area contributed by atoms with E-state index in [1.807, 2.05) is 12.1 Å². The van der Waals surface area contributed by atoms with Crippen molar-refractivity contribution < 1.29 is 19.4 Å². The van der Waals surface area contributed by atoms with E-state index in [4.69, 9.17) is 0 Å². The Morgan fingerprint density at radius 2 is 0.734 bits per heavy atom. The minimum atomic E-state index is -0.832. The average Bonchev–Trinajstić information content (AvgIpc) is 3.35. The zero-order valence-electron chi connectivity index (χ0n) is 34.1. The van der Waals surface area contributed by atoms with Gasteiger partial charge in [-0.3, -0.25) is 39.8 Å². The number of pyridine rings is 4. The normalized spacial score (nSPS) is 12.5. The third-order valence-electron chi connectivity index (χ3n) is 10.2. The molecule has 8 rings (SSSR count). The highest BCUT2D eigenvalue weighted by atomic mass is 16.6. The monoisotopic (exact) mass is 848 g/mol. The van der Waals surface area contributed by atoms with Crippen molar-refractivity contribution in [3.8, 4) is 0 Å². The lowest BCUT2D eigenvalue weighted by Crippen LogP contribution is -2.28. The molecule has 64 heavy (non-hydrogen) atoms. The van der Waals surface area contributed by atoms with Crippen LogP contribution in [0.5, 0.6) is 0 Å². The molecule has 8 aromatic rings. The minimum absolute atomic E-state index is 0.0808. The van der Waals surface area contributed by atoms with Crippen molar-refractivity contribution in [3.05, 3.63) is 261 Å². The predicted molar refractivity (Wildman–Crippen MR) is 243 cm³/mol. The van der Waals surface area contributed by atoms with E-state index in [1.165, 1.54) is 12.1 Å². The molecule has 0 spiro atoms. The van der Waals surface area contributed by atoms with E-state index >= 15 is 0 Å². The van der Waals surface area contributed by atoms with Crippen molar-refractivity contribution in [2.45, 2.75) is 23.9 Å². The Kier molecular flexibility index (Phi) is 14.3. The number of carbonyl (C=O) groups excluding carboxylic acids is 2. The van der Waals surface area contributed by atoms with Crippen molar-refractivity contribution in [1.29, 1.82) is 0 Å². The van der Waals surface area contributed by atoms with Crippen molar-refractivity contribution in [3.63, 3.8) is 0 Å². The van der Waals surface area contributed by atoms with Gasteiger partial charge < -0.3 is 10.6 Å². The number of anilines is 2. The number of hydrogen-bond donors (Lipinski definition) is 2. The molecular formula is C50H40N8O6. The lowest BCUT2D eigenvalue weighted by Gasteiger charge is -2.27. The van der Waals surface area contributed by atoms with Gasteiger partial charge in [0.2, 0.25) is 0 Å². The van der Waals surface area contributed by atoms with E-state index in [0.717, 1.165) is 0 Å². The molecule has 4 aromatic carbocycles. The number of nitrogens with zero attached hydrogens (tertiary/aromatic N) is 6. The number of ketones is 2. The van der Waals surface area contributed by atoms with Crippen LogP contribution in [0.4, 0.5) is 23.0 Å². The van der Waals surface area contributed by atoms with Crippen molar-refractivity contribution in [2.75, 3.05) is 10.6 Å². The van der Waals surface area contributed by atoms with Crippen LogP contribution in [0, 0.1) is 20.2 Å². The molecule has 14 nitrogen and oxygen atoms in total. The van der Waals surface area contributed by atoms with Gasteiger partial charge in [-0.25, -0.2) is 9.97 Å². The van der Waals surface area contributed by atoms with Gasteiger partial charge in [-0.15, -0.1) is 0 Å². The third kappa shape index (κ3) is 10.6. The molecular weight excluding hydrogens is 809 g/mol. The fourth-order valence-corrected chi connectivity index (χ4v) is 7.33. The number of nitro groups is 2. The Hall–Kier alpha value is -8.78. The number of Topliss-reactive ketones (excluding diaryl/α,β-unsaturated/α-hetero) is 2. The number of aromatic nitrogens is 4. The van der Waals surface area contributed by atoms with Gasteiger partial charge in [0.1, 0.15) is 11.6 Å². The van der Waals surface area contributed by atoms with Crippen LogP contribution in [-0.4, -0.2) is 41.3 Å². The predicted octanol–water partition coefficient (Wildman–Crippen LogP) is 10.4. The molecule has 0 aliphatic rings. The fraction of sp³-hybridized carbons (Fsp3) is 0.0800. The molecule has 2 N–H and O–H groups in total. The van der Waals surface area contributed by atoms with Gasteiger partial charge in [0, 0.05) is 48.0 Å². The lowest BCUT2D eigenvalue weighted by atomic mass is 9.83. The Morgan fingerprint density at radius 1 is 0.406 bits per heavy atom. The number of nitro benzene ring substituents is 2. The molecule has 14 heteroatoms. The van der Waals surface area contributed by atoms with E-state index in [0.29, 0.717) is 45.3 Å². The highest BCUT2D eigenvalue weighted by molar-refractivity contribution is 6.02. The van der Waals surface area contributed by atoms with Gasteiger partial charge in [0.15, 0.2) is 11.6 Å². The van der Waals surface area contributed by atoms with Crippen LogP contribution in [0.3, 0.4) is 0 Å². The summed E-state index contributed by atoms with van der Waals surface area (Å²) in [6.07, 6.45) is 6.46. The first-order valence-electron chi connectivity index (χ1n) is 20.1. The number of benzene rings is 4. The van der Waals surface area contributed by atoms with E-state index in [-0.39, 0.29) is 22.9 Å². The van der Waals surface area contributed by atoms with Crippen molar-refractivity contribution >= 4 is 34.6 Å².